The minimum absolute atomic E-state index is 0.0271. The van der Waals surface area contributed by atoms with Crippen molar-refractivity contribution in [1.82, 2.24) is 4.98 Å². The van der Waals surface area contributed by atoms with Crippen LogP contribution in [0.2, 0.25) is 5.02 Å². The van der Waals surface area contributed by atoms with Crippen molar-refractivity contribution in [2.75, 3.05) is 5.32 Å². The van der Waals surface area contributed by atoms with E-state index in [1.807, 2.05) is 24.3 Å². The molecular formula is C18H15ClN2O3. The number of nitrogens with zero attached hydrogens (tertiary/aromatic N) is 1. The van der Waals surface area contributed by atoms with Crippen LogP contribution in [-0.4, -0.2) is 21.2 Å². The first-order valence-corrected chi connectivity index (χ1v) is 7.69. The zero-order valence-electron chi connectivity index (χ0n) is 12.9. The molecule has 6 heteroatoms. The van der Waals surface area contributed by atoms with Gasteiger partial charge in [0.25, 0.3) is 0 Å². The monoisotopic (exact) mass is 342 g/mol. The van der Waals surface area contributed by atoms with Gasteiger partial charge in [0.05, 0.1) is 23.3 Å². The number of halogens is 1. The largest absolute Gasteiger partial charge is 0.506 e. The van der Waals surface area contributed by atoms with Crippen molar-refractivity contribution >= 4 is 39.8 Å². The zero-order chi connectivity index (χ0) is 17.3. The number of aromatic nitrogens is 1. The van der Waals surface area contributed by atoms with Crippen LogP contribution in [0, 0.1) is 6.92 Å². The van der Waals surface area contributed by atoms with Gasteiger partial charge in [-0.05, 0) is 31.2 Å². The number of aryl methyl sites for hydroxylation is 1. The van der Waals surface area contributed by atoms with Crippen LogP contribution in [0.1, 0.15) is 11.3 Å². The zero-order valence-corrected chi connectivity index (χ0v) is 13.6. The highest BCUT2D eigenvalue weighted by Gasteiger charge is 2.16. The lowest BCUT2D eigenvalue weighted by atomic mass is 10.0. The van der Waals surface area contributed by atoms with Crippen LogP contribution in [0.3, 0.4) is 0 Å². The van der Waals surface area contributed by atoms with Crippen molar-refractivity contribution < 1.29 is 15.0 Å². The van der Waals surface area contributed by atoms with Gasteiger partial charge in [-0.3, -0.25) is 9.78 Å². The lowest BCUT2D eigenvalue weighted by molar-refractivity contribution is -0.136. The molecule has 24 heavy (non-hydrogen) atoms. The topological polar surface area (TPSA) is 82.5 Å². The molecule has 122 valence electrons. The van der Waals surface area contributed by atoms with E-state index in [1.54, 1.807) is 19.1 Å². The maximum absolute atomic E-state index is 11.3. The van der Waals surface area contributed by atoms with Crippen molar-refractivity contribution in [3.05, 3.63) is 58.7 Å². The van der Waals surface area contributed by atoms with Gasteiger partial charge in [-0.15, -0.1) is 0 Å². The van der Waals surface area contributed by atoms with Gasteiger partial charge >= 0.3 is 5.97 Å². The summed E-state index contributed by atoms with van der Waals surface area (Å²) in [5, 5.41) is 23.7. The Balaban J connectivity index is 2.23. The highest BCUT2D eigenvalue weighted by molar-refractivity contribution is 6.31. The first-order chi connectivity index (χ1) is 11.5. The quantitative estimate of drug-likeness (QED) is 0.617. The predicted molar refractivity (Wildman–Crippen MR) is 94.2 cm³/mol. The number of aromatic hydroxyl groups is 1. The second-order valence-electron chi connectivity index (χ2n) is 5.42. The first kappa shape index (κ1) is 16.1. The van der Waals surface area contributed by atoms with Crippen LogP contribution in [-0.2, 0) is 11.2 Å². The summed E-state index contributed by atoms with van der Waals surface area (Å²) in [7, 11) is 0. The average Bonchev–Trinajstić information content (AvgIpc) is 2.53. The molecule has 0 amide bonds. The fourth-order valence-electron chi connectivity index (χ4n) is 2.63. The van der Waals surface area contributed by atoms with Gasteiger partial charge in [0, 0.05) is 21.7 Å². The number of anilines is 2. The molecule has 0 fully saturated rings. The number of aliphatic carboxylic acids is 1. The molecule has 0 saturated carbocycles. The number of pyridine rings is 1. The Morgan fingerprint density at radius 1 is 1.25 bits per heavy atom. The molecule has 1 heterocycles. The van der Waals surface area contributed by atoms with Crippen molar-refractivity contribution in [3.8, 4) is 5.75 Å². The summed E-state index contributed by atoms with van der Waals surface area (Å²) in [5.41, 5.74) is 2.96. The fraction of sp³-hybridized carbons (Fsp3) is 0.111. The summed E-state index contributed by atoms with van der Waals surface area (Å²) in [6.45, 7) is 1.77. The molecule has 0 aliphatic carbocycles. The van der Waals surface area contributed by atoms with E-state index >= 15 is 0 Å². The average molecular weight is 343 g/mol. The van der Waals surface area contributed by atoms with Crippen LogP contribution >= 0.6 is 11.6 Å². The minimum Gasteiger partial charge on any atom is -0.506 e. The van der Waals surface area contributed by atoms with E-state index in [-0.39, 0.29) is 12.2 Å². The van der Waals surface area contributed by atoms with E-state index in [2.05, 4.69) is 10.3 Å². The van der Waals surface area contributed by atoms with Crippen LogP contribution < -0.4 is 5.32 Å². The smallest absolute Gasteiger partial charge is 0.307 e. The molecule has 0 unspecified atom stereocenters. The second-order valence-corrected chi connectivity index (χ2v) is 5.86. The number of nitrogens with one attached hydrogen (secondary N) is 1. The summed E-state index contributed by atoms with van der Waals surface area (Å²) in [4.78, 5) is 15.7. The Labute approximate surface area is 143 Å². The second kappa shape index (κ2) is 6.37. The molecule has 2 aromatic carbocycles. The van der Waals surface area contributed by atoms with Gasteiger partial charge in [-0.2, -0.15) is 0 Å². The Hall–Kier alpha value is -2.79. The van der Waals surface area contributed by atoms with E-state index in [1.165, 1.54) is 6.07 Å². The molecule has 0 spiro atoms. The third kappa shape index (κ3) is 3.12. The Kier molecular flexibility index (Phi) is 4.27. The number of carboxylic acids is 1. The molecule has 0 atom stereocenters. The number of para-hydroxylation sites is 1. The maximum atomic E-state index is 11.3. The van der Waals surface area contributed by atoms with Gasteiger partial charge in [0.2, 0.25) is 0 Å². The van der Waals surface area contributed by atoms with Crippen molar-refractivity contribution in [3.63, 3.8) is 0 Å². The summed E-state index contributed by atoms with van der Waals surface area (Å²) in [6, 6.07) is 12.1. The highest BCUT2D eigenvalue weighted by Crippen LogP contribution is 2.35. The molecule has 3 N–H and O–H groups in total. The number of carbonyl (C=O) groups is 1. The predicted octanol–water partition coefficient (Wildman–Crippen LogP) is 4.27. The molecule has 0 aliphatic heterocycles. The third-order valence-electron chi connectivity index (χ3n) is 3.75. The number of hydrogen-bond donors (Lipinski definition) is 3. The minimum atomic E-state index is -0.950. The van der Waals surface area contributed by atoms with E-state index in [9.17, 15) is 15.0 Å². The molecule has 1 aromatic heterocycles. The van der Waals surface area contributed by atoms with E-state index in [0.717, 1.165) is 10.9 Å². The van der Waals surface area contributed by atoms with Crippen molar-refractivity contribution in [1.29, 1.82) is 0 Å². The van der Waals surface area contributed by atoms with Crippen LogP contribution in [0.4, 0.5) is 11.4 Å². The number of phenols is 1. The number of benzene rings is 2. The Morgan fingerprint density at radius 2 is 2.00 bits per heavy atom. The molecule has 3 rings (SSSR count). The SMILES string of the molecule is Cc1nc2ccccc2c(Nc2cc(Cl)ccc2O)c1CC(=O)O. The molecule has 0 bridgehead atoms. The standard InChI is InChI=1S/C18H15ClN2O3/c1-10-13(9-17(23)24)18(12-4-2-3-5-14(12)20-10)21-15-8-11(19)6-7-16(15)22/h2-8,22H,9H2,1H3,(H,20,21)(H,23,24). The highest BCUT2D eigenvalue weighted by atomic mass is 35.5. The summed E-state index contributed by atoms with van der Waals surface area (Å²) in [5.74, 6) is -0.923. The molecule has 0 aliphatic rings. The maximum Gasteiger partial charge on any atom is 0.307 e. The van der Waals surface area contributed by atoms with Gasteiger partial charge in [0.1, 0.15) is 5.75 Å². The van der Waals surface area contributed by atoms with Crippen LogP contribution in [0.15, 0.2) is 42.5 Å². The van der Waals surface area contributed by atoms with Gasteiger partial charge in [0.15, 0.2) is 0 Å². The fourth-order valence-corrected chi connectivity index (χ4v) is 2.80. The Bertz CT molecular complexity index is 941. The number of phenolic OH excluding ortho intramolecular Hbond substituents is 1. The number of rotatable bonds is 4. The molecule has 5 nitrogen and oxygen atoms in total. The number of fused-ring (bicyclic) bond motifs is 1. The lowest BCUT2D eigenvalue weighted by Gasteiger charge is -2.17. The van der Waals surface area contributed by atoms with Gasteiger partial charge < -0.3 is 15.5 Å². The first-order valence-electron chi connectivity index (χ1n) is 7.31. The van der Waals surface area contributed by atoms with E-state index in [4.69, 9.17) is 11.6 Å². The van der Waals surface area contributed by atoms with Crippen LogP contribution in [0.25, 0.3) is 10.9 Å². The van der Waals surface area contributed by atoms with Gasteiger partial charge in [-0.25, -0.2) is 0 Å². The van der Waals surface area contributed by atoms with Crippen LogP contribution in [0.5, 0.6) is 5.75 Å². The molecule has 0 radical (unpaired) electrons. The molecule has 3 aromatic rings. The van der Waals surface area contributed by atoms with Crippen molar-refractivity contribution in [2.45, 2.75) is 13.3 Å². The van der Waals surface area contributed by atoms with Crippen molar-refractivity contribution in [2.24, 2.45) is 0 Å². The number of carboxylic acid groups (broad SMARTS) is 1. The third-order valence-corrected chi connectivity index (χ3v) is 3.98. The van der Waals surface area contributed by atoms with E-state index < -0.39 is 5.97 Å². The summed E-state index contributed by atoms with van der Waals surface area (Å²) in [6.07, 6.45) is -0.173. The van der Waals surface area contributed by atoms with E-state index in [0.29, 0.717) is 27.7 Å². The summed E-state index contributed by atoms with van der Waals surface area (Å²) >= 11 is 6.00. The normalized spacial score (nSPS) is 10.8. The Morgan fingerprint density at radius 3 is 2.75 bits per heavy atom. The number of hydrogen-bond acceptors (Lipinski definition) is 4. The van der Waals surface area contributed by atoms with Gasteiger partial charge in [-0.1, -0.05) is 29.8 Å². The molecule has 0 saturated heterocycles. The lowest BCUT2D eigenvalue weighted by Crippen LogP contribution is -2.08. The molecular weight excluding hydrogens is 328 g/mol. The summed E-state index contributed by atoms with van der Waals surface area (Å²) < 4.78 is 0.